The summed E-state index contributed by atoms with van der Waals surface area (Å²) in [4.78, 5) is 24.7. The molecular weight excluding hydrogens is 510 g/mol. The second kappa shape index (κ2) is 9.35. The van der Waals surface area contributed by atoms with Crippen molar-refractivity contribution in [2.75, 3.05) is 19.8 Å². The second-order valence-corrected chi connectivity index (χ2v) is 14.5. The molecule has 4 unspecified atom stereocenters. The van der Waals surface area contributed by atoms with Crippen molar-refractivity contribution in [2.24, 2.45) is 35.5 Å². The molecule has 0 aliphatic heterocycles. The number of carbonyl (C=O) groups excluding carboxylic acids is 2. The lowest BCUT2D eigenvalue weighted by molar-refractivity contribution is -0.279. The fourth-order valence-electron chi connectivity index (χ4n) is 10.7. The number of aliphatic hydroxyl groups is 1. The van der Waals surface area contributed by atoms with E-state index in [4.69, 9.17) is 18.9 Å². The van der Waals surface area contributed by atoms with Gasteiger partial charge in [0.05, 0.1) is 23.4 Å². The Hall–Kier alpha value is -1.32. The monoisotopic (exact) mass is 554 g/mol. The standard InChI is InChI=1S/C30H44F2O7/c1-18(2)30(22-7-19-6-20(9-22)10-23(30)8-19)37-5-4-36-24(33)14-38-28-12-21-11-27(35,15-28)16-29(13-21,17-28)39-25(34)26(3,31)32/h18-23,35H,4-17H2,1-3H3. The van der Waals surface area contributed by atoms with E-state index in [1.54, 1.807) is 0 Å². The van der Waals surface area contributed by atoms with Crippen molar-refractivity contribution in [1.29, 1.82) is 0 Å². The lowest BCUT2D eigenvalue weighted by Crippen LogP contribution is -2.68. The molecule has 0 saturated heterocycles. The van der Waals surface area contributed by atoms with Crippen LogP contribution in [0.25, 0.3) is 0 Å². The van der Waals surface area contributed by atoms with Gasteiger partial charge < -0.3 is 24.1 Å². The third-order valence-electron chi connectivity index (χ3n) is 11.1. The molecule has 7 nitrogen and oxygen atoms in total. The van der Waals surface area contributed by atoms with Gasteiger partial charge in [-0.25, -0.2) is 9.59 Å². The smallest absolute Gasteiger partial charge is 0.377 e. The average Bonchev–Trinajstić information content (AvgIpc) is 2.79. The van der Waals surface area contributed by atoms with E-state index >= 15 is 0 Å². The van der Waals surface area contributed by atoms with Crippen LogP contribution >= 0.6 is 0 Å². The number of rotatable bonds is 10. The summed E-state index contributed by atoms with van der Waals surface area (Å²) in [7, 11) is 0. The van der Waals surface area contributed by atoms with Crippen LogP contribution in [0.1, 0.15) is 91.4 Å². The van der Waals surface area contributed by atoms with Gasteiger partial charge in [-0.2, -0.15) is 8.78 Å². The number of ether oxygens (including phenoxy) is 4. The lowest BCUT2D eigenvalue weighted by Gasteiger charge is -2.63. The maximum absolute atomic E-state index is 13.6. The first-order valence-electron chi connectivity index (χ1n) is 15.0. The number of hydrogen-bond donors (Lipinski definition) is 1. The molecule has 8 rings (SSSR count). The zero-order chi connectivity index (χ0) is 27.8. The van der Waals surface area contributed by atoms with Gasteiger partial charge in [-0.1, -0.05) is 13.8 Å². The molecule has 4 atom stereocenters. The van der Waals surface area contributed by atoms with Crippen LogP contribution in [0.5, 0.6) is 0 Å². The first-order valence-corrected chi connectivity index (χ1v) is 15.0. The average molecular weight is 555 g/mol. The lowest BCUT2D eigenvalue weighted by atomic mass is 9.47. The van der Waals surface area contributed by atoms with Crippen LogP contribution in [0.4, 0.5) is 8.78 Å². The summed E-state index contributed by atoms with van der Waals surface area (Å²) in [5.41, 5.74) is -3.41. The SMILES string of the molecule is CC(C)C1(OCCOC(=O)COC23CC4CC(O)(C2)CC(OC(=O)C(C)(F)F)(C4)C3)C2CC3CC(C2)CC1C3. The van der Waals surface area contributed by atoms with Gasteiger partial charge in [0.2, 0.25) is 0 Å². The maximum Gasteiger partial charge on any atom is 0.377 e. The van der Waals surface area contributed by atoms with Gasteiger partial charge in [0.1, 0.15) is 18.8 Å². The van der Waals surface area contributed by atoms with Crippen molar-refractivity contribution in [3.8, 4) is 0 Å². The minimum Gasteiger partial charge on any atom is -0.462 e. The van der Waals surface area contributed by atoms with Crippen molar-refractivity contribution < 1.29 is 42.4 Å². The van der Waals surface area contributed by atoms with Crippen LogP contribution in [0.15, 0.2) is 0 Å². The van der Waals surface area contributed by atoms with Gasteiger partial charge in [0.25, 0.3) is 0 Å². The molecule has 8 saturated carbocycles. The molecule has 0 aromatic carbocycles. The third kappa shape index (κ3) is 4.92. The predicted molar refractivity (Wildman–Crippen MR) is 136 cm³/mol. The minimum atomic E-state index is -3.61. The van der Waals surface area contributed by atoms with Crippen LogP contribution in [-0.4, -0.2) is 65.2 Å². The van der Waals surface area contributed by atoms with Gasteiger partial charge in [-0.3, -0.25) is 0 Å². The van der Waals surface area contributed by atoms with Gasteiger partial charge in [-0.15, -0.1) is 0 Å². The fourth-order valence-corrected chi connectivity index (χ4v) is 10.7. The first-order chi connectivity index (χ1) is 18.2. The van der Waals surface area contributed by atoms with Gasteiger partial charge in [0.15, 0.2) is 0 Å². The Morgan fingerprint density at radius 1 is 0.872 bits per heavy atom. The molecule has 0 aromatic rings. The highest BCUT2D eigenvalue weighted by atomic mass is 19.3. The number of alkyl halides is 2. The van der Waals surface area contributed by atoms with Gasteiger partial charge >= 0.3 is 17.9 Å². The maximum atomic E-state index is 13.6. The quantitative estimate of drug-likeness (QED) is 0.306. The summed E-state index contributed by atoms with van der Waals surface area (Å²) in [6.45, 7) is 5.23. The Kier molecular flexibility index (Phi) is 6.67. The summed E-state index contributed by atoms with van der Waals surface area (Å²) < 4.78 is 50.8. The number of halogens is 2. The largest absolute Gasteiger partial charge is 0.462 e. The highest BCUT2D eigenvalue weighted by Crippen LogP contribution is 2.63. The molecule has 0 aromatic heterocycles. The van der Waals surface area contributed by atoms with Crippen LogP contribution in [0.2, 0.25) is 0 Å². The second-order valence-electron chi connectivity index (χ2n) is 14.5. The minimum absolute atomic E-state index is 0.0258. The molecule has 39 heavy (non-hydrogen) atoms. The van der Waals surface area contributed by atoms with Crippen molar-refractivity contribution in [2.45, 2.75) is 120 Å². The normalized spacial score (nSPS) is 45.7. The molecule has 220 valence electrons. The molecule has 1 N–H and O–H groups in total. The van der Waals surface area contributed by atoms with Crippen LogP contribution in [0, 0.1) is 35.5 Å². The number of hydrogen-bond acceptors (Lipinski definition) is 7. The highest BCUT2D eigenvalue weighted by Gasteiger charge is 2.66. The molecule has 9 heteroatoms. The highest BCUT2D eigenvalue weighted by molar-refractivity contribution is 5.77. The van der Waals surface area contributed by atoms with E-state index in [-0.39, 0.29) is 44.0 Å². The number of carbonyl (C=O) groups is 2. The van der Waals surface area contributed by atoms with E-state index in [2.05, 4.69) is 13.8 Å². The van der Waals surface area contributed by atoms with Gasteiger partial charge in [0, 0.05) is 26.2 Å². The van der Waals surface area contributed by atoms with E-state index in [1.165, 1.54) is 32.1 Å². The summed E-state index contributed by atoms with van der Waals surface area (Å²) in [5.74, 6) is -2.46. The summed E-state index contributed by atoms with van der Waals surface area (Å²) in [5, 5.41) is 11.2. The summed E-state index contributed by atoms with van der Waals surface area (Å²) in [6.07, 6.45) is 8.52. The Labute approximate surface area is 229 Å². The first kappa shape index (κ1) is 27.8. The molecule has 0 radical (unpaired) electrons. The van der Waals surface area contributed by atoms with E-state index in [0.29, 0.717) is 50.5 Å². The Bertz CT molecular complexity index is 966. The van der Waals surface area contributed by atoms with Crippen molar-refractivity contribution in [3.63, 3.8) is 0 Å². The zero-order valence-electron chi connectivity index (χ0n) is 23.5. The summed E-state index contributed by atoms with van der Waals surface area (Å²) >= 11 is 0. The molecule has 8 aliphatic rings. The molecule has 8 fully saturated rings. The zero-order valence-corrected chi connectivity index (χ0v) is 23.5. The molecule has 8 bridgehead atoms. The van der Waals surface area contributed by atoms with E-state index in [9.17, 15) is 23.5 Å². The molecule has 0 amide bonds. The number of esters is 2. The molecule has 0 heterocycles. The topological polar surface area (TPSA) is 91.3 Å². The third-order valence-corrected chi connectivity index (χ3v) is 11.1. The van der Waals surface area contributed by atoms with E-state index in [1.807, 2.05) is 0 Å². The van der Waals surface area contributed by atoms with Crippen LogP contribution in [0.3, 0.4) is 0 Å². The van der Waals surface area contributed by atoms with Gasteiger partial charge in [-0.05, 0) is 86.9 Å². The Balaban J connectivity index is 1.02. The van der Waals surface area contributed by atoms with Crippen molar-refractivity contribution in [3.05, 3.63) is 0 Å². The Morgan fingerprint density at radius 3 is 2.08 bits per heavy atom. The fraction of sp³-hybridized carbons (Fsp3) is 0.933. The van der Waals surface area contributed by atoms with Crippen LogP contribution in [-0.2, 0) is 28.5 Å². The molecule has 8 aliphatic carbocycles. The van der Waals surface area contributed by atoms with Crippen LogP contribution < -0.4 is 0 Å². The van der Waals surface area contributed by atoms with Crippen molar-refractivity contribution >= 4 is 11.9 Å². The van der Waals surface area contributed by atoms with E-state index < -0.39 is 34.7 Å². The summed E-state index contributed by atoms with van der Waals surface area (Å²) in [6, 6.07) is 0. The molecule has 0 spiro atoms. The van der Waals surface area contributed by atoms with Crippen molar-refractivity contribution in [1.82, 2.24) is 0 Å². The van der Waals surface area contributed by atoms with E-state index in [0.717, 1.165) is 11.8 Å². The Morgan fingerprint density at radius 2 is 1.49 bits per heavy atom. The molecular formula is C30H44F2O7. The predicted octanol–water partition coefficient (Wildman–Crippen LogP) is 4.82.